The molecule has 0 bridgehead atoms. The number of thioether (sulfide) groups is 1. The van der Waals surface area contributed by atoms with Crippen LogP contribution in [0.1, 0.15) is 5.56 Å². The van der Waals surface area contributed by atoms with E-state index in [0.29, 0.717) is 5.69 Å². The van der Waals surface area contributed by atoms with E-state index in [2.05, 4.69) is 20.9 Å². The number of benzene rings is 1. The van der Waals surface area contributed by atoms with Crippen molar-refractivity contribution in [3.8, 4) is 0 Å². The first kappa shape index (κ1) is 12.7. The minimum absolute atomic E-state index is 0.700. The molecule has 1 heterocycles. The van der Waals surface area contributed by atoms with Crippen LogP contribution >= 0.6 is 39.3 Å². The molecular formula is C12H10BrClN2S. The monoisotopic (exact) mass is 328 g/mol. The van der Waals surface area contributed by atoms with Crippen molar-refractivity contribution in [1.82, 2.24) is 4.98 Å². The Morgan fingerprint density at radius 2 is 2.18 bits per heavy atom. The molecule has 0 spiro atoms. The Morgan fingerprint density at radius 1 is 1.35 bits per heavy atom. The van der Waals surface area contributed by atoms with Gasteiger partial charge in [0.15, 0.2) is 0 Å². The molecule has 5 heteroatoms. The normalized spacial score (nSPS) is 10.5. The summed E-state index contributed by atoms with van der Waals surface area (Å²) in [6.45, 7) is 0. The van der Waals surface area contributed by atoms with E-state index in [-0.39, 0.29) is 0 Å². The van der Waals surface area contributed by atoms with Gasteiger partial charge < -0.3 is 5.73 Å². The highest BCUT2D eigenvalue weighted by molar-refractivity contribution is 9.10. The third-order valence-electron chi connectivity index (χ3n) is 2.21. The number of nitrogen functional groups attached to an aromatic ring is 1. The summed E-state index contributed by atoms with van der Waals surface area (Å²) >= 11 is 11.2. The second kappa shape index (κ2) is 5.76. The minimum atomic E-state index is 0.700. The smallest absolute Gasteiger partial charge is 0.0638 e. The van der Waals surface area contributed by atoms with Gasteiger partial charge in [0.05, 0.1) is 11.9 Å². The first-order valence-electron chi connectivity index (χ1n) is 4.93. The highest BCUT2D eigenvalue weighted by Gasteiger charge is 2.04. The summed E-state index contributed by atoms with van der Waals surface area (Å²) < 4.78 is 0.986. The van der Waals surface area contributed by atoms with E-state index < -0.39 is 0 Å². The van der Waals surface area contributed by atoms with E-state index in [1.165, 1.54) is 0 Å². The third-order valence-corrected chi connectivity index (χ3v) is 4.19. The van der Waals surface area contributed by atoms with Crippen LogP contribution in [0.25, 0.3) is 0 Å². The second-order valence-electron chi connectivity index (χ2n) is 3.44. The summed E-state index contributed by atoms with van der Waals surface area (Å²) in [6.07, 6.45) is 3.40. The summed E-state index contributed by atoms with van der Waals surface area (Å²) in [4.78, 5) is 4.99. The predicted molar refractivity (Wildman–Crippen MR) is 77.4 cm³/mol. The zero-order valence-corrected chi connectivity index (χ0v) is 12.0. The van der Waals surface area contributed by atoms with Crippen molar-refractivity contribution in [1.29, 1.82) is 0 Å². The predicted octanol–water partition coefficient (Wildman–Crippen LogP) is 4.37. The molecule has 0 atom stereocenters. The van der Waals surface area contributed by atoms with Crippen LogP contribution in [0.15, 0.2) is 46.0 Å². The van der Waals surface area contributed by atoms with Crippen LogP contribution in [-0.2, 0) is 5.75 Å². The molecule has 0 radical (unpaired) electrons. The topological polar surface area (TPSA) is 38.9 Å². The van der Waals surface area contributed by atoms with Crippen molar-refractivity contribution in [2.75, 3.05) is 5.73 Å². The van der Waals surface area contributed by atoms with Gasteiger partial charge in [0.2, 0.25) is 0 Å². The number of nitrogens with two attached hydrogens (primary N) is 1. The van der Waals surface area contributed by atoms with E-state index in [9.17, 15) is 0 Å². The number of rotatable bonds is 3. The summed E-state index contributed by atoms with van der Waals surface area (Å²) in [6, 6.07) is 7.80. The molecule has 0 saturated carbocycles. The largest absolute Gasteiger partial charge is 0.397 e. The van der Waals surface area contributed by atoms with Gasteiger partial charge in [-0.1, -0.05) is 33.6 Å². The van der Waals surface area contributed by atoms with Gasteiger partial charge >= 0.3 is 0 Å². The highest BCUT2D eigenvalue weighted by Crippen LogP contribution is 2.30. The van der Waals surface area contributed by atoms with E-state index in [4.69, 9.17) is 17.3 Å². The molecule has 2 aromatic rings. The zero-order valence-electron chi connectivity index (χ0n) is 8.86. The van der Waals surface area contributed by atoms with Crippen LogP contribution in [0, 0.1) is 0 Å². The number of nitrogens with zero attached hydrogens (tertiary/aromatic N) is 1. The summed E-state index contributed by atoms with van der Waals surface area (Å²) in [5.41, 5.74) is 7.62. The Labute approximate surface area is 118 Å². The lowest BCUT2D eigenvalue weighted by atomic mass is 10.2. The van der Waals surface area contributed by atoms with Crippen LogP contribution in [0.5, 0.6) is 0 Å². The minimum Gasteiger partial charge on any atom is -0.397 e. The standard InChI is InChI=1S/C12H10BrClN2S/c13-9-2-1-8(10(14)5-9)7-17-12-3-4-16-6-11(12)15/h1-6H,7,15H2. The summed E-state index contributed by atoms with van der Waals surface area (Å²) in [5.74, 6) is 0.792. The Morgan fingerprint density at radius 3 is 2.88 bits per heavy atom. The van der Waals surface area contributed by atoms with Gasteiger partial charge in [-0.3, -0.25) is 4.98 Å². The van der Waals surface area contributed by atoms with Gasteiger partial charge in [0.25, 0.3) is 0 Å². The molecule has 1 aromatic carbocycles. The van der Waals surface area contributed by atoms with Crippen LogP contribution in [0.4, 0.5) is 5.69 Å². The van der Waals surface area contributed by atoms with Gasteiger partial charge in [-0.25, -0.2) is 0 Å². The number of anilines is 1. The number of halogens is 2. The first-order valence-corrected chi connectivity index (χ1v) is 7.08. The molecule has 2 N–H and O–H groups in total. The number of pyridine rings is 1. The Balaban J connectivity index is 2.10. The Kier molecular flexibility index (Phi) is 4.31. The van der Waals surface area contributed by atoms with Crippen molar-refractivity contribution < 1.29 is 0 Å². The first-order chi connectivity index (χ1) is 8.16. The number of hydrogen-bond acceptors (Lipinski definition) is 3. The molecule has 0 aliphatic carbocycles. The quantitative estimate of drug-likeness (QED) is 0.850. The molecule has 17 heavy (non-hydrogen) atoms. The Bertz CT molecular complexity index is 534. The SMILES string of the molecule is Nc1cnccc1SCc1ccc(Br)cc1Cl. The van der Waals surface area contributed by atoms with E-state index >= 15 is 0 Å². The summed E-state index contributed by atoms with van der Waals surface area (Å²) in [7, 11) is 0. The second-order valence-corrected chi connectivity index (χ2v) is 5.78. The van der Waals surface area contributed by atoms with Gasteiger partial charge in [-0.2, -0.15) is 0 Å². The van der Waals surface area contributed by atoms with Crippen LogP contribution in [0.2, 0.25) is 5.02 Å². The fourth-order valence-electron chi connectivity index (χ4n) is 1.32. The van der Waals surface area contributed by atoms with Crippen molar-refractivity contribution in [3.05, 3.63) is 51.7 Å². The molecule has 2 nitrogen and oxygen atoms in total. The van der Waals surface area contributed by atoms with Crippen molar-refractivity contribution in [2.45, 2.75) is 10.6 Å². The molecule has 0 aliphatic rings. The maximum absolute atomic E-state index is 6.15. The molecular weight excluding hydrogens is 320 g/mol. The lowest BCUT2D eigenvalue weighted by molar-refractivity contribution is 1.26. The average molecular weight is 330 g/mol. The van der Waals surface area contributed by atoms with Crippen molar-refractivity contribution >= 4 is 45.0 Å². The highest BCUT2D eigenvalue weighted by atomic mass is 79.9. The number of aromatic nitrogens is 1. The van der Waals surface area contributed by atoms with Crippen LogP contribution in [0.3, 0.4) is 0 Å². The lowest BCUT2D eigenvalue weighted by Crippen LogP contribution is -1.90. The number of hydrogen-bond donors (Lipinski definition) is 1. The molecule has 0 aliphatic heterocycles. The van der Waals surface area contributed by atoms with Gasteiger partial charge in [0, 0.05) is 26.3 Å². The molecule has 0 saturated heterocycles. The molecule has 88 valence electrons. The van der Waals surface area contributed by atoms with E-state index in [1.807, 2.05) is 24.3 Å². The molecule has 2 rings (SSSR count). The molecule has 0 fully saturated rings. The van der Waals surface area contributed by atoms with Gasteiger partial charge in [0.1, 0.15) is 0 Å². The fraction of sp³-hybridized carbons (Fsp3) is 0.0833. The Hall–Kier alpha value is -0.710. The lowest BCUT2D eigenvalue weighted by Gasteiger charge is -2.06. The summed E-state index contributed by atoms with van der Waals surface area (Å²) in [5, 5.41) is 0.763. The van der Waals surface area contributed by atoms with E-state index in [1.54, 1.807) is 24.2 Å². The maximum atomic E-state index is 6.15. The maximum Gasteiger partial charge on any atom is 0.0638 e. The van der Waals surface area contributed by atoms with Crippen molar-refractivity contribution in [3.63, 3.8) is 0 Å². The van der Waals surface area contributed by atoms with Gasteiger partial charge in [-0.15, -0.1) is 11.8 Å². The van der Waals surface area contributed by atoms with Gasteiger partial charge in [-0.05, 0) is 23.8 Å². The van der Waals surface area contributed by atoms with Crippen LogP contribution in [-0.4, -0.2) is 4.98 Å². The molecule has 1 aromatic heterocycles. The van der Waals surface area contributed by atoms with Crippen molar-refractivity contribution in [2.24, 2.45) is 0 Å². The van der Waals surface area contributed by atoms with Crippen LogP contribution < -0.4 is 5.73 Å². The molecule has 0 unspecified atom stereocenters. The molecule has 0 amide bonds. The van der Waals surface area contributed by atoms with E-state index in [0.717, 1.165) is 25.7 Å². The zero-order chi connectivity index (χ0) is 12.3. The third kappa shape index (κ3) is 3.37. The average Bonchev–Trinajstić information content (AvgIpc) is 2.30. The fourth-order valence-corrected chi connectivity index (χ4v) is 3.08.